The Kier molecular flexibility index (Phi) is 6.32. The average molecular weight is 311 g/mol. The molecule has 1 rings (SSSR count). The van der Waals surface area contributed by atoms with Gasteiger partial charge >= 0.3 is 12.6 Å². The maximum atomic E-state index is 12.2. The number of ether oxygens (including phenoxy) is 3. The quantitative estimate of drug-likeness (QED) is 0.458. The first-order valence-electron chi connectivity index (χ1n) is 6.33. The summed E-state index contributed by atoms with van der Waals surface area (Å²) < 4.78 is 38.6. The summed E-state index contributed by atoms with van der Waals surface area (Å²) in [6.45, 7) is 0.338. The molecule has 5 nitrogen and oxygen atoms in total. The van der Waals surface area contributed by atoms with Crippen LogP contribution in [0.1, 0.15) is 19.4 Å². The lowest BCUT2D eigenvalue weighted by Crippen LogP contribution is -2.12. The van der Waals surface area contributed by atoms with Crippen LogP contribution in [0.4, 0.5) is 8.78 Å². The fourth-order valence-corrected chi connectivity index (χ4v) is 1.55. The highest BCUT2D eigenvalue weighted by Gasteiger charge is 2.14. The Balaban J connectivity index is 3.08. The number of hydrogen-bond acceptors (Lipinski definition) is 5. The minimum Gasteiger partial charge on any atom is -0.493 e. The Morgan fingerprint density at radius 2 is 2.00 bits per heavy atom. The van der Waals surface area contributed by atoms with E-state index in [0.29, 0.717) is 5.56 Å². The summed E-state index contributed by atoms with van der Waals surface area (Å²) in [7, 11) is 1.29. The van der Waals surface area contributed by atoms with E-state index < -0.39 is 12.6 Å². The Morgan fingerprint density at radius 3 is 2.50 bits per heavy atom. The number of carbonyl (C=O) groups excluding carboxylic acids is 1. The number of carbonyl (C=O) groups is 1. The molecular weight excluding hydrogens is 296 g/mol. The molecule has 0 amide bonds. The van der Waals surface area contributed by atoms with Gasteiger partial charge in [-0.25, -0.2) is 4.79 Å². The first kappa shape index (κ1) is 17.4. The molecule has 0 aliphatic heterocycles. The highest BCUT2D eigenvalue weighted by molar-refractivity contribution is 5.98. The summed E-state index contributed by atoms with van der Waals surface area (Å²) in [5, 5.41) is 9.00. The molecule has 0 aliphatic carbocycles. The highest BCUT2D eigenvalue weighted by Crippen LogP contribution is 2.30. The topological polar surface area (TPSA) is 68.5 Å². The summed E-state index contributed by atoms with van der Waals surface area (Å²) in [5.41, 5.74) is 0.203. The molecule has 7 heteroatoms. The predicted molar refractivity (Wildman–Crippen MR) is 74.4 cm³/mol. The number of rotatable bonds is 6. The lowest BCUT2D eigenvalue weighted by molar-refractivity contribution is -0.142. The number of alkyl halides is 2. The maximum Gasteiger partial charge on any atom is 0.387 e. The molecule has 22 heavy (non-hydrogen) atoms. The molecule has 0 spiro atoms. The third kappa shape index (κ3) is 5.05. The summed E-state index contributed by atoms with van der Waals surface area (Å²) in [5.74, 6) is -0.842. The molecule has 1 aromatic rings. The van der Waals surface area contributed by atoms with Gasteiger partial charge in [-0.3, -0.25) is 0 Å². The van der Waals surface area contributed by atoms with Gasteiger partial charge in [0.05, 0.1) is 13.2 Å². The van der Waals surface area contributed by atoms with E-state index in [0.717, 1.165) is 0 Å². The van der Waals surface area contributed by atoms with Crippen molar-refractivity contribution in [3.8, 4) is 17.6 Å². The fraction of sp³-hybridized carbons (Fsp3) is 0.333. The van der Waals surface area contributed by atoms with E-state index in [1.807, 2.05) is 0 Å². The van der Waals surface area contributed by atoms with Crippen molar-refractivity contribution in [3.63, 3.8) is 0 Å². The van der Waals surface area contributed by atoms with E-state index >= 15 is 0 Å². The molecule has 0 bridgehead atoms. The molecule has 0 N–H and O–H groups in total. The highest BCUT2D eigenvalue weighted by atomic mass is 19.3. The van der Waals surface area contributed by atoms with E-state index in [4.69, 9.17) is 14.7 Å². The fourth-order valence-electron chi connectivity index (χ4n) is 1.55. The van der Waals surface area contributed by atoms with Crippen LogP contribution < -0.4 is 9.47 Å². The number of nitrogens with zero attached hydrogens (tertiary/aromatic N) is 1. The van der Waals surface area contributed by atoms with E-state index in [1.54, 1.807) is 19.9 Å². The first-order valence-corrected chi connectivity index (χ1v) is 6.33. The zero-order chi connectivity index (χ0) is 16.7. The van der Waals surface area contributed by atoms with Gasteiger partial charge in [0.2, 0.25) is 0 Å². The van der Waals surface area contributed by atoms with Gasteiger partial charge in [0.1, 0.15) is 11.6 Å². The summed E-state index contributed by atoms with van der Waals surface area (Å²) in [4.78, 5) is 11.7. The van der Waals surface area contributed by atoms with Crippen molar-refractivity contribution >= 4 is 12.0 Å². The van der Waals surface area contributed by atoms with Crippen molar-refractivity contribution in [2.45, 2.75) is 26.6 Å². The van der Waals surface area contributed by atoms with E-state index in [-0.39, 0.29) is 23.2 Å². The second-order valence-electron chi connectivity index (χ2n) is 4.41. The minimum absolute atomic E-state index is 0.0589. The van der Waals surface area contributed by atoms with E-state index in [1.165, 1.54) is 31.4 Å². The second kappa shape index (κ2) is 7.98. The third-order valence-corrected chi connectivity index (χ3v) is 2.40. The van der Waals surface area contributed by atoms with Crippen LogP contribution in [0, 0.1) is 11.3 Å². The number of hydrogen-bond donors (Lipinski definition) is 0. The predicted octanol–water partition coefficient (Wildman–Crippen LogP) is 3.16. The minimum atomic E-state index is -2.98. The van der Waals surface area contributed by atoms with Crippen molar-refractivity contribution in [2.75, 3.05) is 7.11 Å². The van der Waals surface area contributed by atoms with Gasteiger partial charge in [-0.1, -0.05) is 6.07 Å². The number of methoxy groups -OCH3 is 1. The summed E-state index contributed by atoms with van der Waals surface area (Å²) >= 11 is 0. The molecule has 1 aromatic carbocycles. The van der Waals surface area contributed by atoms with Crippen molar-refractivity contribution in [2.24, 2.45) is 0 Å². The monoisotopic (exact) mass is 311 g/mol. The average Bonchev–Trinajstić information content (AvgIpc) is 2.44. The maximum absolute atomic E-state index is 12.2. The molecule has 0 aliphatic rings. The molecule has 0 atom stereocenters. The smallest absolute Gasteiger partial charge is 0.387 e. The normalized spacial score (nSPS) is 11.3. The number of nitriles is 1. The SMILES string of the molecule is COc1cc(C=C(C#N)C(=O)OC(C)C)ccc1OC(F)F. The van der Waals surface area contributed by atoms with Gasteiger partial charge < -0.3 is 14.2 Å². The van der Waals surface area contributed by atoms with Crippen molar-refractivity contribution in [1.82, 2.24) is 0 Å². The molecular formula is C15H15F2NO4. The van der Waals surface area contributed by atoms with Crippen LogP contribution in [0.3, 0.4) is 0 Å². The van der Waals surface area contributed by atoms with Gasteiger partial charge in [-0.2, -0.15) is 14.0 Å². The van der Waals surface area contributed by atoms with Crippen molar-refractivity contribution < 1.29 is 27.8 Å². The van der Waals surface area contributed by atoms with E-state index in [2.05, 4.69) is 4.74 Å². The summed E-state index contributed by atoms with van der Waals surface area (Å²) in [6, 6.07) is 5.79. The Bertz CT molecular complexity index is 606. The lowest BCUT2D eigenvalue weighted by Gasteiger charge is -2.10. The summed E-state index contributed by atoms with van der Waals surface area (Å²) in [6.07, 6.45) is 0.917. The molecule has 0 heterocycles. The van der Waals surface area contributed by atoms with Crippen LogP contribution in [0.5, 0.6) is 11.5 Å². The molecule has 118 valence electrons. The van der Waals surface area contributed by atoms with Gasteiger partial charge in [0.15, 0.2) is 11.5 Å². The number of halogens is 2. The second-order valence-corrected chi connectivity index (χ2v) is 4.41. The van der Waals surface area contributed by atoms with Crippen LogP contribution in [0.2, 0.25) is 0 Å². The van der Waals surface area contributed by atoms with Crippen LogP contribution in [-0.2, 0) is 9.53 Å². The third-order valence-electron chi connectivity index (χ3n) is 2.40. The molecule has 0 saturated carbocycles. The van der Waals surface area contributed by atoms with Gasteiger partial charge in [0, 0.05) is 0 Å². The standard InChI is InChI=1S/C15H15F2NO4/c1-9(2)21-14(19)11(8-18)6-10-4-5-12(22-15(16)17)13(7-10)20-3/h4-7,9,15H,1-3H3. The van der Waals surface area contributed by atoms with Gasteiger partial charge in [0.25, 0.3) is 0 Å². The lowest BCUT2D eigenvalue weighted by atomic mass is 10.1. The van der Waals surface area contributed by atoms with Gasteiger partial charge in [-0.05, 0) is 37.6 Å². The van der Waals surface area contributed by atoms with Crippen LogP contribution in [-0.4, -0.2) is 25.8 Å². The molecule has 0 aromatic heterocycles. The van der Waals surface area contributed by atoms with Crippen molar-refractivity contribution in [3.05, 3.63) is 29.3 Å². The van der Waals surface area contributed by atoms with Crippen LogP contribution in [0.15, 0.2) is 23.8 Å². The Labute approximate surface area is 126 Å². The molecule has 0 fully saturated rings. The van der Waals surface area contributed by atoms with Gasteiger partial charge in [-0.15, -0.1) is 0 Å². The zero-order valence-electron chi connectivity index (χ0n) is 12.3. The molecule has 0 saturated heterocycles. The van der Waals surface area contributed by atoms with E-state index in [9.17, 15) is 13.6 Å². The molecule has 0 radical (unpaired) electrons. The largest absolute Gasteiger partial charge is 0.493 e. The van der Waals surface area contributed by atoms with Crippen molar-refractivity contribution in [1.29, 1.82) is 5.26 Å². The van der Waals surface area contributed by atoms with Crippen LogP contribution >= 0.6 is 0 Å². The molecule has 0 unspecified atom stereocenters. The Hall–Kier alpha value is -2.62. The number of esters is 1. The zero-order valence-corrected chi connectivity index (χ0v) is 12.3. The Morgan fingerprint density at radius 1 is 1.32 bits per heavy atom. The number of benzene rings is 1. The van der Waals surface area contributed by atoms with Crippen LogP contribution in [0.25, 0.3) is 6.08 Å². The first-order chi connectivity index (χ1) is 10.4.